The zero-order chi connectivity index (χ0) is 28.9. The van der Waals surface area contributed by atoms with E-state index in [0.29, 0.717) is 37.3 Å². The zero-order valence-corrected chi connectivity index (χ0v) is 24.3. The van der Waals surface area contributed by atoms with Crippen molar-refractivity contribution in [2.24, 2.45) is 12.5 Å². The molecule has 6 rings (SSSR count). The van der Waals surface area contributed by atoms with E-state index in [9.17, 15) is 13.4 Å². The van der Waals surface area contributed by atoms with Gasteiger partial charge in [0.2, 0.25) is 5.16 Å². The molecule has 1 fully saturated rings. The van der Waals surface area contributed by atoms with Crippen LogP contribution in [0.4, 0.5) is 4.39 Å². The van der Waals surface area contributed by atoms with E-state index in [-0.39, 0.29) is 28.5 Å². The van der Waals surface area contributed by atoms with Gasteiger partial charge in [-0.1, -0.05) is 24.1 Å². The quantitative estimate of drug-likeness (QED) is 0.230. The Labute approximate surface area is 242 Å². The fraction of sp³-hybridized carbons (Fsp3) is 0.310. The SMILES string of the molecule is C=S(=O)(c1ncn(C)n1)N(CC)[C@H]1CCC2=Cc3c(cnn3-c3ccc(F)cc3)C[C@]2(C(=O)c2cc(Cl)ccn2)C1. The molecule has 0 bridgehead atoms. The predicted octanol–water partition coefficient (Wildman–Crippen LogP) is 4.56. The number of aryl methyl sites for hydroxylation is 1. The number of aromatic nitrogens is 6. The number of pyridine rings is 1. The zero-order valence-electron chi connectivity index (χ0n) is 22.7. The van der Waals surface area contributed by atoms with Crippen LogP contribution in [0.25, 0.3) is 11.8 Å². The van der Waals surface area contributed by atoms with Gasteiger partial charge in [0.15, 0.2) is 5.78 Å². The molecule has 0 radical (unpaired) electrons. The number of benzene rings is 1. The van der Waals surface area contributed by atoms with Crippen LogP contribution in [0.1, 0.15) is 47.9 Å². The lowest BCUT2D eigenvalue weighted by Crippen LogP contribution is -2.50. The predicted molar refractivity (Wildman–Crippen MR) is 156 cm³/mol. The summed E-state index contributed by atoms with van der Waals surface area (Å²) in [5, 5.41) is 9.49. The molecular formula is C29H29ClFN7O2S. The van der Waals surface area contributed by atoms with E-state index in [4.69, 9.17) is 11.6 Å². The molecule has 4 aromatic rings. The average Bonchev–Trinajstić information content (AvgIpc) is 3.58. The second kappa shape index (κ2) is 10.3. The highest BCUT2D eigenvalue weighted by atomic mass is 35.5. The highest BCUT2D eigenvalue weighted by Crippen LogP contribution is 2.51. The number of carbonyl (C=O) groups is 1. The molecule has 1 saturated carbocycles. The van der Waals surface area contributed by atoms with Crippen LogP contribution in [0.15, 0.2) is 65.8 Å². The van der Waals surface area contributed by atoms with Gasteiger partial charge in [-0.25, -0.2) is 22.6 Å². The van der Waals surface area contributed by atoms with Gasteiger partial charge in [-0.2, -0.15) is 5.10 Å². The lowest BCUT2D eigenvalue weighted by Gasteiger charge is -2.46. The van der Waals surface area contributed by atoms with Crippen LogP contribution in [0, 0.1) is 11.2 Å². The van der Waals surface area contributed by atoms with E-state index < -0.39 is 15.1 Å². The van der Waals surface area contributed by atoms with Crippen LogP contribution in [-0.4, -0.2) is 62.3 Å². The van der Waals surface area contributed by atoms with Gasteiger partial charge < -0.3 is 0 Å². The largest absolute Gasteiger partial charge is 0.291 e. The van der Waals surface area contributed by atoms with Gasteiger partial charge in [-0.15, -0.1) is 5.10 Å². The van der Waals surface area contributed by atoms with Crippen molar-refractivity contribution in [3.05, 3.63) is 88.5 Å². The highest BCUT2D eigenvalue weighted by Gasteiger charge is 2.51. The van der Waals surface area contributed by atoms with Crippen molar-refractivity contribution in [3.8, 4) is 5.69 Å². The number of Topliss-reactive ketones (excluding diaryl/α,β-unsaturated/α-hetero) is 1. The average molecular weight is 594 g/mol. The molecule has 1 aromatic carbocycles. The van der Waals surface area contributed by atoms with Gasteiger partial charge in [0.05, 0.1) is 32.7 Å². The van der Waals surface area contributed by atoms with Crippen LogP contribution >= 0.6 is 11.6 Å². The molecule has 212 valence electrons. The minimum atomic E-state index is -3.01. The lowest BCUT2D eigenvalue weighted by molar-refractivity contribution is 0.0741. The minimum Gasteiger partial charge on any atom is -0.291 e. The molecule has 0 spiro atoms. The number of hydrogen-bond donors (Lipinski definition) is 0. The molecule has 0 saturated heterocycles. The highest BCUT2D eigenvalue weighted by molar-refractivity contribution is 7.98. The number of rotatable bonds is 7. The summed E-state index contributed by atoms with van der Waals surface area (Å²) < 4.78 is 32.8. The molecule has 3 heterocycles. The standard InChI is InChI=1S/C29H29ClFN7O2S/c1-4-37(41(3,40)28-33-18-36(2)35-28)24-8-5-20-13-26-19(17-34-38(26)23-9-6-22(31)7-10-23)15-29(20,16-24)27(39)25-14-21(30)11-12-32-25/h6-7,9-14,17-18,24H,3-5,8,15-16H2,1-2H3/t24-,29-,41?/m0/s1. The van der Waals surface area contributed by atoms with Crippen molar-refractivity contribution in [3.63, 3.8) is 0 Å². The number of hydrogen-bond acceptors (Lipinski definition) is 6. The van der Waals surface area contributed by atoms with Gasteiger partial charge in [-0.05, 0) is 79.6 Å². The Hall–Kier alpha value is -3.67. The Morgan fingerprint density at radius 1 is 1.27 bits per heavy atom. The van der Waals surface area contributed by atoms with Crippen LogP contribution in [-0.2, 0) is 23.2 Å². The van der Waals surface area contributed by atoms with Crippen LogP contribution in [0.5, 0.6) is 0 Å². The summed E-state index contributed by atoms with van der Waals surface area (Å²) >= 11 is 6.28. The van der Waals surface area contributed by atoms with E-state index >= 15 is 0 Å². The number of carbonyl (C=O) groups excluding carboxylic acids is 1. The smallest absolute Gasteiger partial charge is 0.244 e. The van der Waals surface area contributed by atoms with E-state index in [0.717, 1.165) is 22.5 Å². The van der Waals surface area contributed by atoms with E-state index in [1.54, 1.807) is 42.2 Å². The first-order valence-corrected chi connectivity index (χ1v) is 15.4. The molecule has 1 unspecified atom stereocenters. The Bertz CT molecular complexity index is 1780. The molecule has 2 aliphatic rings. The normalized spacial score (nSPS) is 21.6. The summed E-state index contributed by atoms with van der Waals surface area (Å²) in [6.45, 7) is 2.37. The van der Waals surface area contributed by atoms with Crippen molar-refractivity contribution in [2.45, 2.75) is 43.8 Å². The van der Waals surface area contributed by atoms with Crippen LogP contribution in [0.3, 0.4) is 0 Å². The van der Waals surface area contributed by atoms with Crippen LogP contribution < -0.4 is 0 Å². The minimum absolute atomic E-state index is 0.140. The topological polar surface area (TPSA) is 98.8 Å². The summed E-state index contributed by atoms with van der Waals surface area (Å²) in [6, 6.07) is 9.15. The van der Waals surface area contributed by atoms with Crippen molar-refractivity contribution < 1.29 is 13.4 Å². The Morgan fingerprint density at radius 2 is 2.05 bits per heavy atom. The molecule has 2 aliphatic carbocycles. The van der Waals surface area contributed by atoms with Crippen molar-refractivity contribution >= 4 is 39.0 Å². The number of ketones is 1. The number of nitrogens with zero attached hydrogens (tertiary/aromatic N) is 7. The Morgan fingerprint density at radius 3 is 2.73 bits per heavy atom. The third-order valence-electron chi connectivity index (χ3n) is 8.06. The Balaban J connectivity index is 1.44. The second-order valence-corrected chi connectivity index (χ2v) is 13.1. The van der Waals surface area contributed by atoms with Crippen molar-refractivity contribution in [2.75, 3.05) is 6.54 Å². The summed E-state index contributed by atoms with van der Waals surface area (Å²) in [4.78, 5) is 23.1. The van der Waals surface area contributed by atoms with Gasteiger partial charge in [-0.3, -0.25) is 14.5 Å². The number of allylic oxidation sites excluding steroid dienone is 1. The molecule has 0 aliphatic heterocycles. The summed E-state index contributed by atoms with van der Waals surface area (Å²) in [6.07, 6.45) is 8.88. The molecule has 12 heteroatoms. The first kappa shape index (κ1) is 27.5. The fourth-order valence-corrected chi connectivity index (χ4v) is 8.09. The lowest BCUT2D eigenvalue weighted by atomic mass is 9.60. The molecule has 41 heavy (non-hydrogen) atoms. The maximum Gasteiger partial charge on any atom is 0.244 e. The molecule has 9 nitrogen and oxygen atoms in total. The fourth-order valence-electron chi connectivity index (χ4n) is 6.17. The maximum absolute atomic E-state index is 14.4. The number of fused-ring (bicyclic) bond motifs is 2. The Kier molecular flexibility index (Phi) is 6.91. The third kappa shape index (κ3) is 4.71. The van der Waals surface area contributed by atoms with Crippen molar-refractivity contribution in [1.82, 2.24) is 33.8 Å². The van der Waals surface area contributed by atoms with Gasteiger partial charge >= 0.3 is 0 Å². The molecular weight excluding hydrogens is 565 g/mol. The molecule has 3 aromatic heterocycles. The van der Waals surface area contributed by atoms with Gasteiger partial charge in [0.25, 0.3) is 0 Å². The molecule has 3 atom stereocenters. The van der Waals surface area contributed by atoms with Crippen molar-refractivity contribution in [1.29, 1.82) is 0 Å². The van der Waals surface area contributed by atoms with Gasteiger partial charge in [0, 0.05) is 30.9 Å². The summed E-state index contributed by atoms with van der Waals surface area (Å²) in [5.74, 6) is 3.60. The molecule has 0 N–H and O–H groups in total. The summed E-state index contributed by atoms with van der Waals surface area (Å²) in [7, 11) is -1.29. The maximum atomic E-state index is 14.4. The van der Waals surface area contributed by atoms with Crippen LogP contribution in [0.2, 0.25) is 5.02 Å². The second-order valence-electron chi connectivity index (χ2n) is 10.5. The van der Waals surface area contributed by atoms with Gasteiger partial charge in [0.1, 0.15) is 17.8 Å². The van der Waals surface area contributed by atoms with E-state index in [1.165, 1.54) is 29.3 Å². The monoisotopic (exact) mass is 593 g/mol. The first-order chi connectivity index (χ1) is 19.6. The molecule has 0 amide bonds. The number of halogens is 2. The first-order valence-electron chi connectivity index (χ1n) is 13.3. The summed E-state index contributed by atoms with van der Waals surface area (Å²) in [5.41, 5.74) is 2.76. The van der Waals surface area contributed by atoms with E-state index in [2.05, 4.69) is 26.0 Å². The van der Waals surface area contributed by atoms with E-state index in [1.807, 2.05) is 17.3 Å². The third-order valence-corrected chi connectivity index (χ3v) is 10.4.